The Kier molecular flexibility index (Phi) is 4.51. The molecular formula is C20H19F2N3O2. The predicted molar refractivity (Wildman–Crippen MR) is 93.9 cm³/mol. The number of carbonyl (C=O) groups excluding carboxylic acids is 1. The van der Waals surface area contributed by atoms with E-state index in [1.54, 1.807) is 12.1 Å². The van der Waals surface area contributed by atoms with Gasteiger partial charge in [-0.15, -0.1) is 0 Å². The van der Waals surface area contributed by atoms with E-state index in [2.05, 4.69) is 5.10 Å². The van der Waals surface area contributed by atoms with Crippen LogP contribution < -0.4 is 0 Å². The van der Waals surface area contributed by atoms with Crippen LogP contribution in [0.5, 0.6) is 0 Å². The Balaban J connectivity index is 1.69. The van der Waals surface area contributed by atoms with Crippen LogP contribution in [-0.4, -0.2) is 20.6 Å². The van der Waals surface area contributed by atoms with Crippen molar-refractivity contribution < 1.29 is 18.0 Å². The molecule has 5 nitrogen and oxygen atoms in total. The number of rotatable bonds is 5. The Hall–Kier alpha value is -2.96. The molecule has 0 saturated carbocycles. The zero-order chi connectivity index (χ0) is 19.0. The minimum Gasteiger partial charge on any atom is -0.467 e. The molecule has 0 unspecified atom stereocenters. The van der Waals surface area contributed by atoms with Crippen LogP contribution in [0.15, 0.2) is 41.0 Å². The highest BCUT2D eigenvalue weighted by Gasteiger charge is 2.28. The highest BCUT2D eigenvalue weighted by atomic mass is 19.1. The van der Waals surface area contributed by atoms with Gasteiger partial charge < -0.3 is 9.32 Å². The number of furan rings is 1. The molecule has 1 aliphatic rings. The summed E-state index contributed by atoms with van der Waals surface area (Å²) >= 11 is 0. The Morgan fingerprint density at radius 2 is 1.96 bits per heavy atom. The maximum Gasteiger partial charge on any atom is 0.260 e. The van der Waals surface area contributed by atoms with Gasteiger partial charge in [0.05, 0.1) is 25.0 Å². The third kappa shape index (κ3) is 3.25. The number of carbonyl (C=O) groups is 1. The summed E-state index contributed by atoms with van der Waals surface area (Å²) in [6.07, 6.45) is 4.39. The topological polar surface area (TPSA) is 51.3 Å². The smallest absolute Gasteiger partial charge is 0.260 e. The molecule has 3 aromatic rings. The second kappa shape index (κ2) is 6.98. The molecule has 4 rings (SSSR count). The van der Waals surface area contributed by atoms with Crippen LogP contribution in [-0.2, 0) is 33.0 Å². The summed E-state index contributed by atoms with van der Waals surface area (Å²) in [5, 5.41) is 4.53. The van der Waals surface area contributed by atoms with E-state index in [1.165, 1.54) is 17.2 Å². The number of aromatic nitrogens is 2. The molecular weight excluding hydrogens is 352 g/mol. The first-order valence-corrected chi connectivity index (χ1v) is 8.84. The van der Waals surface area contributed by atoms with Gasteiger partial charge in [-0.1, -0.05) is 6.07 Å². The van der Waals surface area contributed by atoms with Gasteiger partial charge in [0.2, 0.25) is 0 Å². The van der Waals surface area contributed by atoms with Crippen LogP contribution in [0.1, 0.15) is 39.5 Å². The first-order chi connectivity index (χ1) is 13.0. The lowest BCUT2D eigenvalue weighted by molar-refractivity contribution is 0.0704. The van der Waals surface area contributed by atoms with Gasteiger partial charge in [0.1, 0.15) is 23.0 Å². The standard InChI is InChI=1S/C20H19F2N3O2/c1-24-18-9-2-6-14(18)17(23-24)12-25(11-13-5-4-10-27-13)20(26)19-15(21)7-3-8-16(19)22/h3-5,7-8,10H,2,6,9,11-12H2,1H3. The lowest BCUT2D eigenvalue weighted by Crippen LogP contribution is -2.32. The molecule has 1 aliphatic carbocycles. The highest BCUT2D eigenvalue weighted by Crippen LogP contribution is 2.27. The molecule has 0 radical (unpaired) electrons. The summed E-state index contributed by atoms with van der Waals surface area (Å²) in [4.78, 5) is 14.4. The van der Waals surface area contributed by atoms with Crippen molar-refractivity contribution in [2.45, 2.75) is 32.4 Å². The third-order valence-electron chi connectivity index (χ3n) is 4.93. The molecule has 7 heteroatoms. The van der Waals surface area contributed by atoms with Crippen molar-refractivity contribution in [2.24, 2.45) is 7.05 Å². The third-order valence-corrected chi connectivity index (χ3v) is 4.93. The Bertz CT molecular complexity index is 959. The van der Waals surface area contributed by atoms with Crippen LogP contribution in [0.2, 0.25) is 0 Å². The molecule has 1 amide bonds. The number of aryl methyl sites for hydroxylation is 1. The van der Waals surface area contributed by atoms with E-state index in [-0.39, 0.29) is 13.1 Å². The largest absolute Gasteiger partial charge is 0.467 e. The zero-order valence-corrected chi connectivity index (χ0v) is 14.9. The number of nitrogens with zero attached hydrogens (tertiary/aromatic N) is 3. The maximum atomic E-state index is 14.2. The number of hydrogen-bond donors (Lipinski definition) is 0. The molecule has 0 N–H and O–H groups in total. The van der Waals surface area contributed by atoms with Crippen LogP contribution in [0.25, 0.3) is 0 Å². The number of hydrogen-bond acceptors (Lipinski definition) is 3. The normalized spacial score (nSPS) is 13.0. The van der Waals surface area contributed by atoms with Gasteiger partial charge in [-0.2, -0.15) is 5.10 Å². The highest BCUT2D eigenvalue weighted by molar-refractivity contribution is 5.94. The van der Waals surface area contributed by atoms with Gasteiger partial charge in [-0.25, -0.2) is 8.78 Å². The van der Waals surface area contributed by atoms with Crippen LogP contribution in [0.4, 0.5) is 8.78 Å². The molecule has 0 spiro atoms. The first kappa shape index (κ1) is 17.5. The summed E-state index contributed by atoms with van der Waals surface area (Å²) in [5.74, 6) is -1.95. The monoisotopic (exact) mass is 371 g/mol. The van der Waals surface area contributed by atoms with Crippen LogP contribution in [0, 0.1) is 11.6 Å². The molecule has 0 saturated heterocycles. The molecule has 2 aromatic heterocycles. The lowest BCUT2D eigenvalue weighted by Gasteiger charge is -2.22. The molecule has 1 aromatic carbocycles. The minimum atomic E-state index is -0.879. The van der Waals surface area contributed by atoms with E-state index < -0.39 is 23.1 Å². The number of benzene rings is 1. The summed E-state index contributed by atoms with van der Waals surface area (Å²) < 4.78 is 35.5. The first-order valence-electron chi connectivity index (χ1n) is 8.84. The van der Waals surface area contributed by atoms with Crippen molar-refractivity contribution in [1.29, 1.82) is 0 Å². The van der Waals surface area contributed by atoms with Gasteiger partial charge in [0.25, 0.3) is 5.91 Å². The number of halogens is 2. The minimum absolute atomic E-state index is 0.102. The summed E-state index contributed by atoms with van der Waals surface area (Å²) in [6.45, 7) is 0.265. The molecule has 140 valence electrons. The number of amides is 1. The summed E-state index contributed by atoms with van der Waals surface area (Å²) in [7, 11) is 1.88. The average molecular weight is 371 g/mol. The van der Waals surface area contributed by atoms with Crippen molar-refractivity contribution in [3.8, 4) is 0 Å². The molecule has 0 bridgehead atoms. The van der Waals surface area contributed by atoms with Crippen molar-refractivity contribution >= 4 is 5.91 Å². The van der Waals surface area contributed by atoms with Crippen molar-refractivity contribution in [2.75, 3.05) is 0 Å². The van der Waals surface area contributed by atoms with Gasteiger partial charge in [-0.3, -0.25) is 9.48 Å². The summed E-state index contributed by atoms with van der Waals surface area (Å²) in [5.41, 5.74) is 2.49. The fourth-order valence-corrected chi connectivity index (χ4v) is 3.66. The quantitative estimate of drug-likeness (QED) is 0.688. The van der Waals surface area contributed by atoms with Gasteiger partial charge in [0.15, 0.2) is 0 Å². The van der Waals surface area contributed by atoms with E-state index >= 15 is 0 Å². The zero-order valence-electron chi connectivity index (χ0n) is 14.9. The second-order valence-corrected chi connectivity index (χ2v) is 6.69. The molecule has 2 heterocycles. The fraction of sp³-hybridized carbons (Fsp3) is 0.300. The Morgan fingerprint density at radius 1 is 1.19 bits per heavy atom. The van der Waals surface area contributed by atoms with Gasteiger partial charge in [0, 0.05) is 12.7 Å². The molecule has 27 heavy (non-hydrogen) atoms. The van der Waals surface area contributed by atoms with Gasteiger partial charge in [-0.05, 0) is 49.1 Å². The van der Waals surface area contributed by atoms with E-state index in [4.69, 9.17) is 4.42 Å². The lowest BCUT2D eigenvalue weighted by atomic mass is 10.1. The van der Waals surface area contributed by atoms with E-state index in [0.29, 0.717) is 5.76 Å². The molecule has 0 aliphatic heterocycles. The Labute approximate surface area is 155 Å². The van der Waals surface area contributed by atoms with Gasteiger partial charge >= 0.3 is 0 Å². The predicted octanol–water partition coefficient (Wildman–Crippen LogP) is 3.62. The number of fused-ring (bicyclic) bond motifs is 1. The van der Waals surface area contributed by atoms with E-state index in [9.17, 15) is 13.6 Å². The van der Waals surface area contributed by atoms with Crippen LogP contribution in [0.3, 0.4) is 0 Å². The van der Waals surface area contributed by atoms with E-state index in [1.807, 2.05) is 11.7 Å². The molecule has 0 fully saturated rings. The molecule has 0 atom stereocenters. The SMILES string of the molecule is Cn1nc(CN(Cc2ccco2)C(=O)c2c(F)cccc2F)c2c1CCC2. The van der Waals surface area contributed by atoms with Crippen molar-refractivity contribution in [1.82, 2.24) is 14.7 Å². The second-order valence-electron chi connectivity index (χ2n) is 6.69. The summed E-state index contributed by atoms with van der Waals surface area (Å²) in [6, 6.07) is 6.84. The van der Waals surface area contributed by atoms with Crippen molar-refractivity contribution in [3.63, 3.8) is 0 Å². The van der Waals surface area contributed by atoms with Crippen molar-refractivity contribution in [3.05, 3.63) is 76.5 Å². The average Bonchev–Trinajstić information content (AvgIpc) is 3.35. The fourth-order valence-electron chi connectivity index (χ4n) is 3.66. The maximum absolute atomic E-state index is 14.2. The van der Waals surface area contributed by atoms with E-state index in [0.717, 1.165) is 48.3 Å². The van der Waals surface area contributed by atoms with Crippen LogP contribution >= 0.6 is 0 Å². The Morgan fingerprint density at radius 3 is 2.67 bits per heavy atom.